The van der Waals surface area contributed by atoms with Crippen LogP contribution in [-0.2, 0) is 9.53 Å². The van der Waals surface area contributed by atoms with Crippen LogP contribution < -0.4 is 5.84 Å². The van der Waals surface area contributed by atoms with E-state index >= 15 is 0 Å². The van der Waals surface area contributed by atoms with Gasteiger partial charge in [0.15, 0.2) is 5.82 Å². The molecule has 3 rings (SSSR count). The van der Waals surface area contributed by atoms with Crippen LogP contribution in [-0.4, -0.2) is 37.8 Å². The first-order valence-electron chi connectivity index (χ1n) is 7.96. The third-order valence-electron chi connectivity index (χ3n) is 3.98. The fourth-order valence-electron chi connectivity index (χ4n) is 2.75. The minimum Gasteiger partial charge on any atom is -0.507 e. The van der Waals surface area contributed by atoms with Crippen molar-refractivity contribution < 1.29 is 14.6 Å². The van der Waals surface area contributed by atoms with Crippen LogP contribution in [0.1, 0.15) is 32.1 Å². The van der Waals surface area contributed by atoms with Gasteiger partial charge in [-0.15, -0.1) is 10.2 Å². The first-order valence-corrected chi connectivity index (χ1v) is 8.95. The summed E-state index contributed by atoms with van der Waals surface area (Å²) in [4.78, 5) is 11.9. The Morgan fingerprint density at radius 3 is 2.79 bits per heavy atom. The third-order valence-corrected chi connectivity index (χ3v) is 4.90. The maximum atomic E-state index is 11.9. The van der Waals surface area contributed by atoms with E-state index in [-0.39, 0.29) is 23.6 Å². The number of nitrogens with two attached hydrogens (primary N) is 1. The lowest BCUT2D eigenvalue weighted by atomic mass is 9.98. The van der Waals surface area contributed by atoms with Gasteiger partial charge in [0.2, 0.25) is 5.16 Å². The molecule has 3 N–H and O–H groups in total. The maximum Gasteiger partial charge on any atom is 0.316 e. The highest BCUT2D eigenvalue weighted by Crippen LogP contribution is 2.28. The second kappa shape index (κ2) is 7.57. The Morgan fingerprint density at radius 1 is 1.29 bits per heavy atom. The number of carbonyl (C=O) groups is 1. The molecule has 128 valence electrons. The van der Waals surface area contributed by atoms with Gasteiger partial charge in [-0.2, -0.15) is 0 Å². The Bertz CT molecular complexity index is 713. The van der Waals surface area contributed by atoms with Crippen LogP contribution in [0, 0.1) is 0 Å². The van der Waals surface area contributed by atoms with Crippen molar-refractivity contribution in [2.24, 2.45) is 0 Å². The number of nitrogen functional groups attached to an aromatic ring is 1. The van der Waals surface area contributed by atoms with E-state index in [1.807, 2.05) is 0 Å². The standard InChI is InChI=1S/C16H20N4O3S/c17-20-15(12-8-4-5-9-13(12)21)18-19-16(20)24-10-14(22)23-11-6-2-1-3-7-11/h4-5,8-9,11,21H,1-3,6-7,10,17H2. The Balaban J connectivity index is 1.60. The van der Waals surface area contributed by atoms with Gasteiger partial charge in [-0.1, -0.05) is 30.3 Å². The number of benzene rings is 1. The number of hydrogen-bond acceptors (Lipinski definition) is 7. The molecule has 1 aromatic carbocycles. The molecule has 2 aromatic rings. The summed E-state index contributed by atoms with van der Waals surface area (Å²) in [6.45, 7) is 0. The number of phenolic OH excluding ortho intramolecular Hbond substituents is 1. The normalized spacial score (nSPS) is 15.3. The molecule has 0 saturated heterocycles. The molecule has 0 bridgehead atoms. The third kappa shape index (κ3) is 3.81. The van der Waals surface area contributed by atoms with Crippen LogP contribution >= 0.6 is 11.8 Å². The molecule has 7 nitrogen and oxygen atoms in total. The molecule has 8 heteroatoms. The van der Waals surface area contributed by atoms with E-state index in [2.05, 4.69) is 10.2 Å². The summed E-state index contributed by atoms with van der Waals surface area (Å²) in [5, 5.41) is 18.3. The SMILES string of the molecule is Nn1c(SCC(=O)OC2CCCCC2)nnc1-c1ccccc1O. The fourth-order valence-corrected chi connectivity index (χ4v) is 3.39. The Morgan fingerprint density at radius 2 is 2.04 bits per heavy atom. The van der Waals surface area contributed by atoms with E-state index in [9.17, 15) is 9.90 Å². The lowest BCUT2D eigenvalue weighted by Crippen LogP contribution is -2.22. The molecule has 1 aromatic heterocycles. The number of esters is 1. The molecule has 0 atom stereocenters. The number of hydrogen-bond donors (Lipinski definition) is 2. The van der Waals surface area contributed by atoms with Crippen molar-refractivity contribution in [2.75, 3.05) is 11.6 Å². The van der Waals surface area contributed by atoms with Gasteiger partial charge in [-0.3, -0.25) is 4.79 Å². The number of aromatic hydroxyl groups is 1. The first-order chi connectivity index (χ1) is 11.6. The zero-order valence-corrected chi connectivity index (χ0v) is 14.0. The van der Waals surface area contributed by atoms with Gasteiger partial charge in [0.1, 0.15) is 11.9 Å². The van der Waals surface area contributed by atoms with Crippen LogP contribution in [0.25, 0.3) is 11.4 Å². The highest BCUT2D eigenvalue weighted by molar-refractivity contribution is 7.99. The summed E-state index contributed by atoms with van der Waals surface area (Å²) < 4.78 is 6.74. The van der Waals surface area contributed by atoms with Crippen molar-refractivity contribution >= 4 is 17.7 Å². The summed E-state index contributed by atoms with van der Waals surface area (Å²) in [6.07, 6.45) is 5.38. The Labute approximate surface area is 144 Å². The van der Waals surface area contributed by atoms with E-state index in [0.29, 0.717) is 16.5 Å². The van der Waals surface area contributed by atoms with Crippen molar-refractivity contribution in [2.45, 2.75) is 43.4 Å². The molecule has 24 heavy (non-hydrogen) atoms. The average molecular weight is 348 g/mol. The maximum absolute atomic E-state index is 11.9. The van der Waals surface area contributed by atoms with Crippen LogP contribution in [0.5, 0.6) is 5.75 Å². The largest absolute Gasteiger partial charge is 0.507 e. The lowest BCUT2D eigenvalue weighted by molar-refractivity contribution is -0.147. The zero-order chi connectivity index (χ0) is 16.9. The molecule has 1 heterocycles. The van der Waals surface area contributed by atoms with Crippen molar-refractivity contribution in [3.63, 3.8) is 0 Å². The summed E-state index contributed by atoms with van der Waals surface area (Å²) in [6, 6.07) is 6.75. The predicted molar refractivity (Wildman–Crippen MR) is 91.0 cm³/mol. The molecular weight excluding hydrogens is 328 g/mol. The number of aromatic nitrogens is 3. The van der Waals surface area contributed by atoms with E-state index < -0.39 is 0 Å². The minimum atomic E-state index is -0.265. The number of para-hydroxylation sites is 1. The van der Waals surface area contributed by atoms with Gasteiger partial charge < -0.3 is 15.7 Å². The van der Waals surface area contributed by atoms with Gasteiger partial charge in [-0.05, 0) is 37.8 Å². The van der Waals surface area contributed by atoms with E-state index in [0.717, 1.165) is 25.7 Å². The number of rotatable bonds is 5. The first kappa shape index (κ1) is 16.6. The van der Waals surface area contributed by atoms with Gasteiger partial charge in [0.25, 0.3) is 0 Å². The van der Waals surface area contributed by atoms with Crippen LogP contribution in [0.3, 0.4) is 0 Å². The molecule has 0 unspecified atom stereocenters. The number of phenols is 1. The smallest absolute Gasteiger partial charge is 0.316 e. The average Bonchev–Trinajstić information content (AvgIpc) is 2.95. The quantitative estimate of drug-likeness (QED) is 0.485. The summed E-state index contributed by atoms with van der Waals surface area (Å²) in [7, 11) is 0. The van der Waals surface area contributed by atoms with Crippen LogP contribution in [0.15, 0.2) is 29.4 Å². The van der Waals surface area contributed by atoms with E-state index in [1.54, 1.807) is 24.3 Å². The lowest BCUT2D eigenvalue weighted by Gasteiger charge is -2.21. The number of nitrogens with zero attached hydrogens (tertiary/aromatic N) is 3. The monoisotopic (exact) mass is 348 g/mol. The topological polar surface area (TPSA) is 103 Å². The molecule has 0 aliphatic heterocycles. The van der Waals surface area contributed by atoms with Crippen molar-refractivity contribution in [3.8, 4) is 17.1 Å². The molecule has 1 aliphatic carbocycles. The molecule has 1 fully saturated rings. The fraction of sp³-hybridized carbons (Fsp3) is 0.438. The van der Waals surface area contributed by atoms with Crippen molar-refractivity contribution in [1.29, 1.82) is 0 Å². The highest BCUT2D eigenvalue weighted by atomic mass is 32.2. The second-order valence-electron chi connectivity index (χ2n) is 5.73. The molecular formula is C16H20N4O3S. The minimum absolute atomic E-state index is 0.0411. The van der Waals surface area contributed by atoms with Gasteiger partial charge >= 0.3 is 5.97 Å². The predicted octanol–water partition coefficient (Wildman–Crippen LogP) is 2.33. The molecule has 0 radical (unpaired) electrons. The number of ether oxygens (including phenoxy) is 1. The summed E-state index contributed by atoms with van der Waals surface area (Å²) in [5.74, 6) is 6.27. The molecule has 1 aliphatic rings. The van der Waals surface area contributed by atoms with Crippen molar-refractivity contribution in [1.82, 2.24) is 14.9 Å². The van der Waals surface area contributed by atoms with E-state index in [4.69, 9.17) is 10.6 Å². The zero-order valence-electron chi connectivity index (χ0n) is 13.2. The summed E-state index contributed by atoms with van der Waals surface area (Å²) in [5.41, 5.74) is 0.490. The molecule has 0 amide bonds. The van der Waals surface area contributed by atoms with Gasteiger partial charge in [-0.25, -0.2) is 4.68 Å². The summed E-state index contributed by atoms with van der Waals surface area (Å²) >= 11 is 1.17. The Kier molecular flexibility index (Phi) is 5.24. The van der Waals surface area contributed by atoms with E-state index in [1.165, 1.54) is 22.9 Å². The molecule has 0 spiro atoms. The second-order valence-corrected chi connectivity index (χ2v) is 6.67. The van der Waals surface area contributed by atoms with Crippen molar-refractivity contribution in [3.05, 3.63) is 24.3 Å². The molecule has 1 saturated carbocycles. The number of thioether (sulfide) groups is 1. The van der Waals surface area contributed by atoms with Crippen LogP contribution in [0.2, 0.25) is 0 Å². The Hall–Kier alpha value is -2.22. The van der Waals surface area contributed by atoms with Crippen LogP contribution in [0.4, 0.5) is 0 Å². The highest BCUT2D eigenvalue weighted by Gasteiger charge is 2.20. The number of carbonyl (C=O) groups excluding carboxylic acids is 1. The van der Waals surface area contributed by atoms with Gasteiger partial charge in [0, 0.05) is 0 Å². The van der Waals surface area contributed by atoms with Gasteiger partial charge in [0.05, 0.1) is 11.3 Å².